The number of H-pyrrole nitrogens is 1. The maximum atomic E-state index is 12.3. The fourth-order valence-corrected chi connectivity index (χ4v) is 3.66. The van der Waals surface area contributed by atoms with Crippen molar-refractivity contribution in [2.45, 2.75) is 60.3 Å². The van der Waals surface area contributed by atoms with E-state index in [1.54, 1.807) is 0 Å². The average Bonchev–Trinajstić information content (AvgIpc) is 2.89. The van der Waals surface area contributed by atoms with Gasteiger partial charge in [-0.25, -0.2) is 0 Å². The molecule has 0 spiro atoms. The summed E-state index contributed by atoms with van der Waals surface area (Å²) in [6.45, 7) is 11.9. The standard InChI is InChI=1S/C21H32N2O/c1-6-20(2,3)15-21(4,5)13-19(24)22-12-11-16-14-23-18-10-8-7-9-17(16)18/h7-10,14,23H,6,11-13,15H2,1-5H3,(H,22,24). The van der Waals surface area contributed by atoms with Crippen LogP contribution < -0.4 is 5.32 Å². The molecule has 2 N–H and O–H groups in total. The third-order valence-electron chi connectivity index (χ3n) is 4.94. The van der Waals surface area contributed by atoms with E-state index in [-0.39, 0.29) is 16.7 Å². The second-order valence-electron chi connectivity index (χ2n) is 8.49. The molecule has 24 heavy (non-hydrogen) atoms. The molecule has 3 heteroatoms. The highest BCUT2D eigenvalue weighted by Gasteiger charge is 2.29. The van der Waals surface area contributed by atoms with Crippen molar-refractivity contribution in [3.05, 3.63) is 36.0 Å². The Morgan fingerprint density at radius 1 is 1.12 bits per heavy atom. The quantitative estimate of drug-likeness (QED) is 0.698. The van der Waals surface area contributed by atoms with Crippen LogP contribution in [0.1, 0.15) is 59.4 Å². The molecule has 0 aliphatic carbocycles. The molecule has 0 saturated heterocycles. The molecule has 0 fully saturated rings. The summed E-state index contributed by atoms with van der Waals surface area (Å²) in [4.78, 5) is 15.6. The van der Waals surface area contributed by atoms with E-state index in [4.69, 9.17) is 0 Å². The molecule has 132 valence electrons. The normalized spacial score (nSPS) is 12.5. The zero-order chi connectivity index (χ0) is 17.8. The maximum Gasteiger partial charge on any atom is 0.220 e. The van der Waals surface area contributed by atoms with Gasteiger partial charge in [-0.05, 0) is 35.3 Å². The van der Waals surface area contributed by atoms with Gasteiger partial charge in [-0.15, -0.1) is 0 Å². The lowest BCUT2D eigenvalue weighted by Crippen LogP contribution is -2.32. The highest BCUT2D eigenvalue weighted by Crippen LogP contribution is 2.38. The molecule has 0 aliphatic heterocycles. The van der Waals surface area contributed by atoms with Gasteiger partial charge in [0.1, 0.15) is 0 Å². The van der Waals surface area contributed by atoms with E-state index in [1.165, 1.54) is 10.9 Å². The lowest BCUT2D eigenvalue weighted by atomic mass is 9.72. The first-order valence-corrected chi connectivity index (χ1v) is 9.04. The minimum atomic E-state index is 0.0321. The number of fused-ring (bicyclic) bond motifs is 1. The molecule has 1 aromatic carbocycles. The number of carbonyl (C=O) groups is 1. The first-order chi connectivity index (χ1) is 11.2. The van der Waals surface area contributed by atoms with E-state index < -0.39 is 0 Å². The van der Waals surface area contributed by atoms with Gasteiger partial charge in [0.15, 0.2) is 0 Å². The highest BCUT2D eigenvalue weighted by atomic mass is 16.1. The summed E-state index contributed by atoms with van der Waals surface area (Å²) in [5.41, 5.74) is 2.73. The Kier molecular flexibility index (Phi) is 5.74. The van der Waals surface area contributed by atoms with Crippen molar-refractivity contribution >= 4 is 16.8 Å². The second-order valence-corrected chi connectivity index (χ2v) is 8.49. The topological polar surface area (TPSA) is 44.9 Å². The van der Waals surface area contributed by atoms with E-state index in [9.17, 15) is 4.79 Å². The van der Waals surface area contributed by atoms with Crippen molar-refractivity contribution in [3.63, 3.8) is 0 Å². The van der Waals surface area contributed by atoms with Gasteiger partial charge in [0.2, 0.25) is 5.91 Å². The zero-order valence-electron chi connectivity index (χ0n) is 15.8. The summed E-state index contributed by atoms with van der Waals surface area (Å²) >= 11 is 0. The number of rotatable bonds is 8. The van der Waals surface area contributed by atoms with Gasteiger partial charge in [0.05, 0.1) is 0 Å². The van der Waals surface area contributed by atoms with Crippen LogP contribution in [0.5, 0.6) is 0 Å². The Morgan fingerprint density at radius 3 is 2.54 bits per heavy atom. The predicted molar refractivity (Wildman–Crippen MR) is 102 cm³/mol. The van der Waals surface area contributed by atoms with Crippen LogP contribution in [-0.4, -0.2) is 17.4 Å². The Hall–Kier alpha value is -1.77. The first kappa shape index (κ1) is 18.6. The van der Waals surface area contributed by atoms with Crippen molar-refractivity contribution in [3.8, 4) is 0 Å². The van der Waals surface area contributed by atoms with E-state index in [0.717, 1.165) is 24.8 Å². The van der Waals surface area contributed by atoms with Gasteiger partial charge in [0.25, 0.3) is 0 Å². The molecular weight excluding hydrogens is 296 g/mol. The van der Waals surface area contributed by atoms with Crippen LogP contribution in [0.4, 0.5) is 0 Å². The summed E-state index contributed by atoms with van der Waals surface area (Å²) in [5.74, 6) is 0.159. The van der Waals surface area contributed by atoms with Gasteiger partial charge in [-0.2, -0.15) is 0 Å². The van der Waals surface area contributed by atoms with E-state index in [0.29, 0.717) is 13.0 Å². The molecule has 1 aromatic heterocycles. The third kappa shape index (κ3) is 5.12. The van der Waals surface area contributed by atoms with Crippen LogP contribution in [-0.2, 0) is 11.2 Å². The molecule has 0 saturated carbocycles. The molecule has 0 aliphatic rings. The van der Waals surface area contributed by atoms with Crippen LogP contribution in [0.15, 0.2) is 30.5 Å². The minimum absolute atomic E-state index is 0.0321. The van der Waals surface area contributed by atoms with Crippen LogP contribution in [0.25, 0.3) is 10.9 Å². The molecule has 1 heterocycles. The average molecular weight is 328 g/mol. The Morgan fingerprint density at radius 2 is 1.83 bits per heavy atom. The highest BCUT2D eigenvalue weighted by molar-refractivity contribution is 5.83. The first-order valence-electron chi connectivity index (χ1n) is 9.04. The molecule has 1 amide bonds. The third-order valence-corrected chi connectivity index (χ3v) is 4.94. The van der Waals surface area contributed by atoms with Gasteiger partial charge in [-0.3, -0.25) is 4.79 Å². The second kappa shape index (κ2) is 7.42. The lowest BCUT2D eigenvalue weighted by Gasteiger charge is -2.34. The Balaban J connectivity index is 1.83. The number of carbonyl (C=O) groups excluding carboxylic acids is 1. The Bertz CT molecular complexity index is 682. The summed E-state index contributed by atoms with van der Waals surface area (Å²) in [5, 5.41) is 4.34. The number of aromatic nitrogens is 1. The van der Waals surface area contributed by atoms with Crippen molar-refractivity contribution in [1.82, 2.24) is 10.3 Å². The zero-order valence-corrected chi connectivity index (χ0v) is 15.8. The molecule has 2 aromatic rings. The molecule has 0 radical (unpaired) electrons. The molecular formula is C21H32N2O. The predicted octanol–water partition coefficient (Wildman–Crippen LogP) is 5.07. The number of amides is 1. The van der Waals surface area contributed by atoms with Gasteiger partial charge in [-0.1, -0.05) is 59.2 Å². The van der Waals surface area contributed by atoms with Crippen LogP contribution in [0.3, 0.4) is 0 Å². The number of para-hydroxylation sites is 1. The number of benzene rings is 1. The maximum absolute atomic E-state index is 12.3. The van der Waals surface area contributed by atoms with Crippen molar-refractivity contribution in [2.75, 3.05) is 6.54 Å². The van der Waals surface area contributed by atoms with Crippen molar-refractivity contribution in [2.24, 2.45) is 10.8 Å². The van der Waals surface area contributed by atoms with Gasteiger partial charge >= 0.3 is 0 Å². The molecule has 2 rings (SSSR count). The van der Waals surface area contributed by atoms with E-state index in [1.807, 2.05) is 12.3 Å². The largest absolute Gasteiger partial charge is 0.361 e. The molecule has 0 unspecified atom stereocenters. The van der Waals surface area contributed by atoms with Crippen LogP contribution in [0, 0.1) is 10.8 Å². The number of hydrogen-bond acceptors (Lipinski definition) is 1. The SMILES string of the molecule is CCC(C)(C)CC(C)(C)CC(=O)NCCc1c[nH]c2ccccc12. The summed E-state index contributed by atoms with van der Waals surface area (Å²) in [6.07, 6.45) is 5.69. The fourth-order valence-electron chi connectivity index (χ4n) is 3.66. The molecule has 3 nitrogen and oxygen atoms in total. The smallest absolute Gasteiger partial charge is 0.220 e. The van der Waals surface area contributed by atoms with E-state index in [2.05, 4.69) is 63.1 Å². The number of nitrogens with one attached hydrogen (secondary N) is 2. The van der Waals surface area contributed by atoms with Crippen LogP contribution >= 0.6 is 0 Å². The number of hydrogen-bond donors (Lipinski definition) is 2. The molecule has 0 bridgehead atoms. The summed E-state index contributed by atoms with van der Waals surface area (Å²) in [7, 11) is 0. The van der Waals surface area contributed by atoms with Crippen LogP contribution in [0.2, 0.25) is 0 Å². The lowest BCUT2D eigenvalue weighted by molar-refractivity contribution is -0.123. The Labute approximate surface area is 146 Å². The molecule has 0 atom stereocenters. The minimum Gasteiger partial charge on any atom is -0.361 e. The van der Waals surface area contributed by atoms with E-state index >= 15 is 0 Å². The monoisotopic (exact) mass is 328 g/mol. The van der Waals surface area contributed by atoms with Crippen molar-refractivity contribution in [1.29, 1.82) is 0 Å². The summed E-state index contributed by atoms with van der Waals surface area (Å²) < 4.78 is 0. The number of aromatic amines is 1. The van der Waals surface area contributed by atoms with Gasteiger partial charge < -0.3 is 10.3 Å². The van der Waals surface area contributed by atoms with Crippen molar-refractivity contribution < 1.29 is 4.79 Å². The fraction of sp³-hybridized carbons (Fsp3) is 0.571. The summed E-state index contributed by atoms with van der Waals surface area (Å²) in [6, 6.07) is 8.29. The van der Waals surface area contributed by atoms with Gasteiger partial charge in [0, 0.05) is 30.1 Å².